The molecule has 0 radical (unpaired) electrons. The van der Waals surface area contributed by atoms with Gasteiger partial charge in [-0.3, -0.25) is 0 Å². The Kier molecular flexibility index (Phi) is 4.93. The number of rotatable bonds is 3. The highest BCUT2D eigenvalue weighted by Crippen LogP contribution is 2.49. The second kappa shape index (κ2) is 8.56. The van der Waals surface area contributed by atoms with Crippen molar-refractivity contribution >= 4 is 21.8 Å². The van der Waals surface area contributed by atoms with E-state index in [-0.39, 0.29) is 5.41 Å². The summed E-state index contributed by atoms with van der Waals surface area (Å²) in [7, 11) is 0. The molecule has 8 rings (SSSR count). The maximum atomic E-state index is 2.40. The average molecular weight is 512 g/mol. The van der Waals surface area contributed by atoms with Crippen LogP contribution < -0.4 is 0 Å². The lowest BCUT2D eigenvalue weighted by molar-refractivity contribution is 0.660. The molecule has 6 aromatic carbocycles. The maximum Gasteiger partial charge on any atom is 0.0547 e. The van der Waals surface area contributed by atoms with Crippen molar-refractivity contribution < 1.29 is 0 Å². The van der Waals surface area contributed by atoms with Gasteiger partial charge in [0.25, 0.3) is 0 Å². The smallest absolute Gasteiger partial charge is 0.0547 e. The van der Waals surface area contributed by atoms with Crippen molar-refractivity contribution in [3.05, 3.63) is 151 Å². The first-order valence-corrected chi connectivity index (χ1v) is 14.0. The second-order valence-electron chi connectivity index (χ2n) is 11.4. The molecule has 1 heterocycles. The van der Waals surface area contributed by atoms with Crippen molar-refractivity contribution in [2.24, 2.45) is 0 Å². The fraction of sp³-hybridized carbons (Fsp3) is 0.0769. The largest absolute Gasteiger partial charge is 0.309 e. The van der Waals surface area contributed by atoms with E-state index >= 15 is 0 Å². The van der Waals surface area contributed by atoms with Crippen LogP contribution in [0.25, 0.3) is 60.9 Å². The Labute approximate surface area is 235 Å². The van der Waals surface area contributed by atoms with Gasteiger partial charge in [0.15, 0.2) is 0 Å². The van der Waals surface area contributed by atoms with Crippen molar-refractivity contribution in [3.63, 3.8) is 0 Å². The third-order valence-electron chi connectivity index (χ3n) is 8.82. The van der Waals surface area contributed by atoms with E-state index in [2.05, 4.69) is 158 Å². The second-order valence-corrected chi connectivity index (χ2v) is 11.4. The minimum absolute atomic E-state index is 0.00843. The van der Waals surface area contributed by atoms with Crippen LogP contribution in [0.15, 0.2) is 140 Å². The van der Waals surface area contributed by atoms with Crippen molar-refractivity contribution in [1.82, 2.24) is 4.57 Å². The summed E-state index contributed by atoms with van der Waals surface area (Å²) in [6, 6.07) is 51.1. The Hall–Kier alpha value is -4.88. The highest BCUT2D eigenvalue weighted by molar-refractivity contribution is 6.10. The van der Waals surface area contributed by atoms with Crippen LogP contribution in [0.5, 0.6) is 0 Å². The summed E-state index contributed by atoms with van der Waals surface area (Å²) in [5, 5.41) is 2.56. The molecule has 0 amide bonds. The van der Waals surface area contributed by atoms with Crippen molar-refractivity contribution in [2.45, 2.75) is 19.3 Å². The standard InChI is InChI=1S/C39H29N/c1-39(2)35-14-8-6-12-31(35)32-22-20-28(24-36(32)39)26-16-18-27(19-17-26)29-21-23-34-33-13-7-9-15-37(33)40(38(34)25-29)30-10-4-3-5-11-30/h3-25H,1-2H3. The normalized spacial score (nSPS) is 13.4. The molecule has 1 heteroatoms. The van der Waals surface area contributed by atoms with Crippen LogP contribution >= 0.6 is 0 Å². The summed E-state index contributed by atoms with van der Waals surface area (Å²) < 4.78 is 2.38. The fourth-order valence-electron chi connectivity index (χ4n) is 6.74. The number of hydrogen-bond acceptors (Lipinski definition) is 0. The average Bonchev–Trinajstić information content (AvgIpc) is 3.46. The van der Waals surface area contributed by atoms with Gasteiger partial charge in [0.2, 0.25) is 0 Å². The molecule has 0 N–H and O–H groups in total. The summed E-state index contributed by atoms with van der Waals surface area (Å²) in [4.78, 5) is 0. The van der Waals surface area contributed by atoms with E-state index in [0.717, 1.165) is 0 Å². The van der Waals surface area contributed by atoms with Crippen LogP contribution in [-0.2, 0) is 5.41 Å². The number of aromatic nitrogens is 1. The zero-order valence-electron chi connectivity index (χ0n) is 22.7. The Bertz CT molecular complexity index is 2060. The number of para-hydroxylation sites is 2. The third-order valence-corrected chi connectivity index (χ3v) is 8.82. The molecule has 1 aromatic heterocycles. The van der Waals surface area contributed by atoms with E-state index in [1.165, 1.54) is 72.0 Å². The van der Waals surface area contributed by atoms with E-state index < -0.39 is 0 Å². The van der Waals surface area contributed by atoms with Gasteiger partial charge in [0, 0.05) is 21.9 Å². The zero-order chi connectivity index (χ0) is 26.8. The Balaban J connectivity index is 1.20. The molecule has 40 heavy (non-hydrogen) atoms. The molecular formula is C39H29N. The van der Waals surface area contributed by atoms with E-state index in [0.29, 0.717) is 0 Å². The molecule has 0 fully saturated rings. The fourth-order valence-corrected chi connectivity index (χ4v) is 6.74. The molecule has 1 aliphatic carbocycles. The van der Waals surface area contributed by atoms with Gasteiger partial charge in [-0.05, 0) is 74.8 Å². The Morgan fingerprint density at radius 3 is 1.80 bits per heavy atom. The van der Waals surface area contributed by atoms with Crippen LogP contribution in [-0.4, -0.2) is 4.57 Å². The lowest BCUT2D eigenvalue weighted by Crippen LogP contribution is -2.14. The van der Waals surface area contributed by atoms with Crippen molar-refractivity contribution in [3.8, 4) is 39.1 Å². The number of benzene rings is 6. The third kappa shape index (κ3) is 3.34. The molecule has 0 atom stereocenters. The van der Waals surface area contributed by atoms with E-state index in [9.17, 15) is 0 Å². The molecule has 7 aromatic rings. The van der Waals surface area contributed by atoms with Crippen LogP contribution in [0.3, 0.4) is 0 Å². The number of nitrogens with zero attached hydrogens (tertiary/aromatic N) is 1. The molecular weight excluding hydrogens is 482 g/mol. The van der Waals surface area contributed by atoms with Crippen LogP contribution in [0, 0.1) is 0 Å². The van der Waals surface area contributed by atoms with Gasteiger partial charge in [0.05, 0.1) is 11.0 Å². The summed E-state index contributed by atoms with van der Waals surface area (Å²) >= 11 is 0. The van der Waals surface area contributed by atoms with Gasteiger partial charge in [-0.1, -0.05) is 123 Å². The highest BCUT2D eigenvalue weighted by Gasteiger charge is 2.35. The quantitative estimate of drug-likeness (QED) is 0.222. The summed E-state index contributed by atoms with van der Waals surface area (Å²) in [5.41, 5.74) is 14.2. The van der Waals surface area contributed by atoms with Gasteiger partial charge in [-0.25, -0.2) is 0 Å². The van der Waals surface area contributed by atoms with Crippen LogP contribution in [0.2, 0.25) is 0 Å². The first kappa shape index (κ1) is 23.0. The monoisotopic (exact) mass is 511 g/mol. The zero-order valence-corrected chi connectivity index (χ0v) is 22.7. The number of fused-ring (bicyclic) bond motifs is 6. The van der Waals surface area contributed by atoms with Crippen molar-refractivity contribution in [1.29, 1.82) is 0 Å². The molecule has 0 spiro atoms. The first-order chi connectivity index (χ1) is 19.6. The topological polar surface area (TPSA) is 4.93 Å². The highest BCUT2D eigenvalue weighted by atomic mass is 15.0. The Morgan fingerprint density at radius 2 is 1.00 bits per heavy atom. The molecule has 0 aliphatic heterocycles. The van der Waals surface area contributed by atoms with E-state index in [1.54, 1.807) is 0 Å². The predicted molar refractivity (Wildman–Crippen MR) is 169 cm³/mol. The molecule has 190 valence electrons. The molecule has 0 saturated heterocycles. The molecule has 0 saturated carbocycles. The minimum Gasteiger partial charge on any atom is -0.309 e. The van der Waals surface area contributed by atoms with E-state index in [1.807, 2.05) is 0 Å². The molecule has 0 bridgehead atoms. The lowest BCUT2D eigenvalue weighted by Gasteiger charge is -2.22. The van der Waals surface area contributed by atoms with Crippen LogP contribution in [0.4, 0.5) is 0 Å². The van der Waals surface area contributed by atoms with Gasteiger partial charge in [-0.15, -0.1) is 0 Å². The van der Waals surface area contributed by atoms with Gasteiger partial charge >= 0.3 is 0 Å². The summed E-state index contributed by atoms with van der Waals surface area (Å²) in [6.07, 6.45) is 0. The lowest BCUT2D eigenvalue weighted by atomic mass is 9.81. The molecule has 1 nitrogen and oxygen atoms in total. The van der Waals surface area contributed by atoms with Crippen molar-refractivity contribution in [2.75, 3.05) is 0 Å². The first-order valence-electron chi connectivity index (χ1n) is 14.0. The van der Waals surface area contributed by atoms with Gasteiger partial charge in [0.1, 0.15) is 0 Å². The maximum absolute atomic E-state index is 2.40. The molecule has 1 aliphatic rings. The SMILES string of the molecule is CC1(C)c2ccccc2-c2ccc(-c3ccc(-c4ccc5c6ccccc6n(-c6ccccc6)c5c4)cc3)cc21. The summed E-state index contributed by atoms with van der Waals surface area (Å²) in [5.74, 6) is 0. The van der Waals surface area contributed by atoms with Gasteiger partial charge < -0.3 is 4.57 Å². The van der Waals surface area contributed by atoms with Crippen LogP contribution in [0.1, 0.15) is 25.0 Å². The molecule has 0 unspecified atom stereocenters. The van der Waals surface area contributed by atoms with Gasteiger partial charge in [-0.2, -0.15) is 0 Å². The summed E-state index contributed by atoms with van der Waals surface area (Å²) in [6.45, 7) is 4.69. The van der Waals surface area contributed by atoms with E-state index in [4.69, 9.17) is 0 Å². The Morgan fingerprint density at radius 1 is 0.425 bits per heavy atom. The predicted octanol–water partition coefficient (Wildman–Crippen LogP) is 10.4. The minimum atomic E-state index is 0.00843. The number of hydrogen-bond donors (Lipinski definition) is 0.